The Labute approximate surface area is 133 Å². The van der Waals surface area contributed by atoms with Gasteiger partial charge in [0.05, 0.1) is 12.0 Å². The molecule has 1 aromatic carbocycles. The molecule has 0 radical (unpaired) electrons. The van der Waals surface area contributed by atoms with Gasteiger partial charge < -0.3 is 4.74 Å². The van der Waals surface area contributed by atoms with Gasteiger partial charge in [0.25, 0.3) is 5.56 Å². The molecule has 114 valence electrons. The summed E-state index contributed by atoms with van der Waals surface area (Å²) in [6.45, 7) is 6.49. The first-order valence-corrected chi connectivity index (χ1v) is 8.04. The number of hydrogen-bond donors (Lipinski definition) is 0. The van der Waals surface area contributed by atoms with Crippen LogP contribution < -0.4 is 10.3 Å². The Morgan fingerprint density at radius 2 is 1.91 bits per heavy atom. The molecular formula is C17H18N2O2S. The normalized spacial score (nSPS) is 11.1. The fraction of sp³-hybridized carbons (Fsp3) is 0.294. The monoisotopic (exact) mass is 314 g/mol. The molecule has 0 saturated carbocycles. The van der Waals surface area contributed by atoms with E-state index in [1.807, 2.05) is 45.0 Å². The summed E-state index contributed by atoms with van der Waals surface area (Å²) in [5.74, 6) is 1.57. The van der Waals surface area contributed by atoms with Crippen molar-refractivity contribution in [1.82, 2.24) is 9.55 Å². The van der Waals surface area contributed by atoms with Crippen molar-refractivity contribution in [3.63, 3.8) is 0 Å². The van der Waals surface area contributed by atoms with Gasteiger partial charge in [0.1, 0.15) is 16.4 Å². The quantitative estimate of drug-likeness (QED) is 0.741. The average molecular weight is 314 g/mol. The summed E-state index contributed by atoms with van der Waals surface area (Å²) in [6.07, 6.45) is 0. The highest BCUT2D eigenvalue weighted by Gasteiger charge is 2.17. The van der Waals surface area contributed by atoms with E-state index in [9.17, 15) is 4.79 Å². The van der Waals surface area contributed by atoms with Crippen LogP contribution in [0.3, 0.4) is 0 Å². The van der Waals surface area contributed by atoms with Crippen molar-refractivity contribution >= 4 is 21.6 Å². The smallest absolute Gasteiger partial charge is 0.262 e. The fourth-order valence-electron chi connectivity index (χ4n) is 2.58. The number of nitrogens with zero attached hydrogens (tertiary/aromatic N) is 2. The number of benzene rings is 1. The highest BCUT2D eigenvalue weighted by Crippen LogP contribution is 2.36. The molecule has 0 N–H and O–H groups in total. The number of ether oxygens (including phenoxy) is 1. The number of aryl methyl sites for hydroxylation is 2. The Balaban J connectivity index is 2.24. The molecule has 0 unspecified atom stereocenters. The maximum atomic E-state index is 12.6. The Kier molecular flexibility index (Phi) is 3.74. The van der Waals surface area contributed by atoms with Crippen LogP contribution >= 0.6 is 11.3 Å². The highest BCUT2D eigenvalue weighted by molar-refractivity contribution is 7.19. The van der Waals surface area contributed by atoms with E-state index in [2.05, 4.69) is 4.98 Å². The molecule has 0 aliphatic heterocycles. The second-order valence-corrected chi connectivity index (χ2v) is 6.40. The molecule has 0 aliphatic rings. The van der Waals surface area contributed by atoms with Gasteiger partial charge in [0.2, 0.25) is 0 Å². The molecule has 0 spiro atoms. The summed E-state index contributed by atoms with van der Waals surface area (Å²) >= 11 is 1.57. The van der Waals surface area contributed by atoms with Gasteiger partial charge in [0.15, 0.2) is 0 Å². The first-order valence-electron chi connectivity index (χ1n) is 7.23. The van der Waals surface area contributed by atoms with Gasteiger partial charge in [-0.25, -0.2) is 4.98 Å². The molecule has 0 aliphatic carbocycles. The lowest BCUT2D eigenvalue weighted by atomic mass is 10.0. The van der Waals surface area contributed by atoms with Crippen LogP contribution in [0, 0.1) is 13.8 Å². The van der Waals surface area contributed by atoms with Crippen molar-refractivity contribution in [2.75, 3.05) is 6.61 Å². The maximum Gasteiger partial charge on any atom is 0.262 e. The van der Waals surface area contributed by atoms with Crippen molar-refractivity contribution < 1.29 is 4.74 Å². The van der Waals surface area contributed by atoms with Crippen LogP contribution in [0.1, 0.15) is 17.6 Å². The Morgan fingerprint density at radius 1 is 1.23 bits per heavy atom. The lowest BCUT2D eigenvalue weighted by Crippen LogP contribution is -2.20. The first kappa shape index (κ1) is 14.8. The molecule has 5 heteroatoms. The van der Waals surface area contributed by atoms with Gasteiger partial charge in [0, 0.05) is 17.5 Å². The van der Waals surface area contributed by atoms with Crippen molar-refractivity contribution in [2.45, 2.75) is 20.8 Å². The van der Waals surface area contributed by atoms with Gasteiger partial charge in [-0.05, 0) is 38.5 Å². The van der Waals surface area contributed by atoms with Crippen LogP contribution in [-0.4, -0.2) is 16.2 Å². The molecule has 2 aromatic heterocycles. The molecule has 3 aromatic rings. The van der Waals surface area contributed by atoms with E-state index in [-0.39, 0.29) is 5.56 Å². The maximum absolute atomic E-state index is 12.6. The fourth-order valence-corrected chi connectivity index (χ4v) is 3.66. The Hall–Kier alpha value is -2.14. The third kappa shape index (κ3) is 2.31. The zero-order chi connectivity index (χ0) is 15.9. The van der Waals surface area contributed by atoms with E-state index in [1.54, 1.807) is 23.0 Å². The minimum atomic E-state index is 0.00994. The van der Waals surface area contributed by atoms with Gasteiger partial charge in [-0.1, -0.05) is 12.1 Å². The van der Waals surface area contributed by atoms with Crippen molar-refractivity contribution in [2.24, 2.45) is 7.05 Å². The molecule has 0 amide bonds. The summed E-state index contributed by atoms with van der Waals surface area (Å²) in [4.78, 5) is 19.1. The summed E-state index contributed by atoms with van der Waals surface area (Å²) in [7, 11) is 1.76. The lowest BCUT2D eigenvalue weighted by molar-refractivity contribution is 0.340. The SMILES string of the molecule is CCOc1ccc(-c2c(C)sc3nc(C)n(C)c(=O)c23)cc1. The predicted molar refractivity (Wildman–Crippen MR) is 90.9 cm³/mol. The molecule has 22 heavy (non-hydrogen) atoms. The number of fused-ring (bicyclic) bond motifs is 1. The second kappa shape index (κ2) is 5.57. The average Bonchev–Trinajstić information content (AvgIpc) is 2.82. The second-order valence-electron chi connectivity index (χ2n) is 5.19. The van der Waals surface area contributed by atoms with E-state index in [4.69, 9.17) is 4.74 Å². The molecule has 0 bridgehead atoms. The zero-order valence-electron chi connectivity index (χ0n) is 13.1. The van der Waals surface area contributed by atoms with Crippen LogP contribution in [0.15, 0.2) is 29.1 Å². The largest absolute Gasteiger partial charge is 0.494 e. The van der Waals surface area contributed by atoms with Crippen molar-refractivity contribution in [3.05, 3.63) is 45.3 Å². The molecule has 0 saturated heterocycles. The summed E-state index contributed by atoms with van der Waals surface area (Å²) in [5.41, 5.74) is 2.02. The topological polar surface area (TPSA) is 44.1 Å². The minimum Gasteiger partial charge on any atom is -0.494 e. The number of rotatable bonds is 3. The van der Waals surface area contributed by atoms with Crippen molar-refractivity contribution in [1.29, 1.82) is 0 Å². The van der Waals surface area contributed by atoms with Crippen LogP contribution in [-0.2, 0) is 7.05 Å². The molecule has 3 rings (SSSR count). The highest BCUT2D eigenvalue weighted by atomic mass is 32.1. The van der Waals surface area contributed by atoms with Gasteiger partial charge in [-0.2, -0.15) is 0 Å². The van der Waals surface area contributed by atoms with Crippen LogP contribution in [0.4, 0.5) is 0 Å². The Morgan fingerprint density at radius 3 is 2.55 bits per heavy atom. The molecule has 4 nitrogen and oxygen atoms in total. The molecule has 0 atom stereocenters. The van der Waals surface area contributed by atoms with Crippen LogP contribution in [0.2, 0.25) is 0 Å². The van der Waals surface area contributed by atoms with E-state index < -0.39 is 0 Å². The van der Waals surface area contributed by atoms with E-state index in [0.717, 1.165) is 32.4 Å². The number of thiophene rings is 1. The van der Waals surface area contributed by atoms with E-state index in [0.29, 0.717) is 12.0 Å². The standard InChI is InChI=1S/C17H18N2O2S/c1-5-21-13-8-6-12(7-9-13)14-10(2)22-16-15(14)17(20)19(4)11(3)18-16/h6-9H,5H2,1-4H3. The third-order valence-electron chi connectivity index (χ3n) is 3.79. The zero-order valence-corrected chi connectivity index (χ0v) is 14.0. The minimum absolute atomic E-state index is 0.00994. The number of aromatic nitrogens is 2. The summed E-state index contributed by atoms with van der Waals surface area (Å²) in [6, 6.07) is 7.87. The van der Waals surface area contributed by atoms with Crippen LogP contribution in [0.25, 0.3) is 21.3 Å². The molecule has 0 fully saturated rings. The summed E-state index contributed by atoms with van der Waals surface area (Å²) in [5, 5.41) is 0.708. The van der Waals surface area contributed by atoms with E-state index >= 15 is 0 Å². The molecular weight excluding hydrogens is 296 g/mol. The number of hydrogen-bond acceptors (Lipinski definition) is 4. The first-order chi connectivity index (χ1) is 10.5. The predicted octanol–water partition coefficient (Wildman–Crippen LogP) is 3.68. The van der Waals surface area contributed by atoms with Gasteiger partial charge in [-0.15, -0.1) is 11.3 Å². The van der Waals surface area contributed by atoms with Crippen LogP contribution in [0.5, 0.6) is 5.75 Å². The van der Waals surface area contributed by atoms with Gasteiger partial charge in [-0.3, -0.25) is 9.36 Å². The van der Waals surface area contributed by atoms with Crippen molar-refractivity contribution in [3.8, 4) is 16.9 Å². The third-order valence-corrected chi connectivity index (χ3v) is 4.79. The Bertz CT molecular complexity index is 892. The summed E-state index contributed by atoms with van der Waals surface area (Å²) < 4.78 is 7.08. The van der Waals surface area contributed by atoms with Gasteiger partial charge >= 0.3 is 0 Å². The lowest BCUT2D eigenvalue weighted by Gasteiger charge is -2.07. The molecule has 2 heterocycles. The van der Waals surface area contributed by atoms with E-state index in [1.165, 1.54) is 0 Å².